The van der Waals surface area contributed by atoms with Crippen LogP contribution in [0, 0.1) is 6.92 Å². The first-order valence-electron chi connectivity index (χ1n) is 4.60. The van der Waals surface area contributed by atoms with Crippen LogP contribution in [0.15, 0.2) is 23.6 Å². The highest BCUT2D eigenvalue weighted by Gasteiger charge is 2.09. The zero-order valence-electron chi connectivity index (χ0n) is 8.84. The molecule has 2 heterocycles. The molecule has 0 radical (unpaired) electrons. The molecule has 0 saturated carbocycles. The summed E-state index contributed by atoms with van der Waals surface area (Å²) in [6, 6.07) is 0. The molecule has 0 spiro atoms. The summed E-state index contributed by atoms with van der Waals surface area (Å²) in [4.78, 5) is 16.6. The normalized spacial score (nSPS) is 11.8. The fourth-order valence-corrected chi connectivity index (χ4v) is 2.17. The zero-order chi connectivity index (χ0) is 11.5. The Kier molecular flexibility index (Phi) is 2.91. The monoisotopic (exact) mass is 233 g/mol. The van der Waals surface area contributed by atoms with E-state index in [1.807, 2.05) is 0 Å². The zero-order valence-corrected chi connectivity index (χ0v) is 9.65. The maximum absolute atomic E-state index is 11.4. The van der Waals surface area contributed by atoms with E-state index in [1.54, 1.807) is 25.5 Å². The summed E-state index contributed by atoms with van der Waals surface area (Å²) < 4.78 is 0. The van der Waals surface area contributed by atoms with Crippen LogP contribution >= 0.6 is 11.3 Å². The predicted molar refractivity (Wildman–Crippen MR) is 60.3 cm³/mol. The first-order valence-corrected chi connectivity index (χ1v) is 5.42. The molecule has 6 heteroatoms. The molecule has 0 unspecified atom stereocenters. The van der Waals surface area contributed by atoms with Crippen molar-refractivity contribution in [2.45, 2.75) is 6.92 Å². The third-order valence-corrected chi connectivity index (χ3v) is 3.14. The van der Waals surface area contributed by atoms with Crippen molar-refractivity contribution in [3.8, 4) is 10.7 Å². The molecule has 0 atom stereocenters. The molecule has 0 bridgehead atoms. The van der Waals surface area contributed by atoms with Gasteiger partial charge in [-0.2, -0.15) is 0 Å². The minimum Gasteiger partial charge on any atom is -0.858 e. The van der Waals surface area contributed by atoms with Gasteiger partial charge in [-0.25, -0.2) is 4.98 Å². The second-order valence-electron chi connectivity index (χ2n) is 3.05. The second-order valence-corrected chi connectivity index (χ2v) is 4.05. The van der Waals surface area contributed by atoms with E-state index in [1.165, 1.54) is 18.4 Å². The molecule has 0 fully saturated rings. The minimum atomic E-state index is -0.245. The standard InChI is InChI=1S/C10H10N4OS/c1-6-8(9(15)11-2)16-10(14-6)7-5-12-3-4-13-7/h3-5H,1-2H3,(H,11,15)/p-1. The van der Waals surface area contributed by atoms with E-state index < -0.39 is 0 Å². The summed E-state index contributed by atoms with van der Waals surface area (Å²) in [5.74, 6) is -0.245. The van der Waals surface area contributed by atoms with E-state index in [0.29, 0.717) is 21.3 Å². The molecule has 0 N–H and O–H groups in total. The molecular formula is C10H9N4OS-. The van der Waals surface area contributed by atoms with Crippen molar-refractivity contribution in [3.63, 3.8) is 0 Å². The Morgan fingerprint density at radius 2 is 2.25 bits per heavy atom. The van der Waals surface area contributed by atoms with Crippen LogP contribution in [-0.2, 0) is 0 Å². The Morgan fingerprint density at radius 3 is 2.88 bits per heavy atom. The third kappa shape index (κ3) is 1.92. The molecular weight excluding hydrogens is 224 g/mol. The van der Waals surface area contributed by atoms with Crippen LogP contribution in [-0.4, -0.2) is 27.9 Å². The van der Waals surface area contributed by atoms with Gasteiger partial charge in [0.15, 0.2) is 0 Å². The Labute approximate surface area is 96.6 Å². The number of aromatic nitrogens is 3. The Morgan fingerprint density at radius 1 is 1.44 bits per heavy atom. The Balaban J connectivity index is 2.46. The lowest BCUT2D eigenvalue weighted by molar-refractivity contribution is -0.212. The number of hydrogen-bond donors (Lipinski definition) is 0. The van der Waals surface area contributed by atoms with Gasteiger partial charge in [0.25, 0.3) is 0 Å². The van der Waals surface area contributed by atoms with E-state index in [0.717, 1.165) is 0 Å². The fourth-order valence-electron chi connectivity index (χ4n) is 1.22. The molecule has 0 aromatic carbocycles. The van der Waals surface area contributed by atoms with E-state index in [4.69, 9.17) is 0 Å². The SMILES string of the molecule is CN=C([O-])c1sc(-c2cnccn2)nc1C. The highest BCUT2D eigenvalue weighted by molar-refractivity contribution is 7.17. The van der Waals surface area contributed by atoms with Gasteiger partial charge < -0.3 is 10.1 Å². The first kappa shape index (κ1) is 10.7. The maximum atomic E-state index is 11.4. The van der Waals surface area contributed by atoms with Crippen molar-refractivity contribution >= 4 is 17.2 Å². The summed E-state index contributed by atoms with van der Waals surface area (Å²) >= 11 is 1.29. The van der Waals surface area contributed by atoms with Crippen LogP contribution in [0.2, 0.25) is 0 Å². The summed E-state index contributed by atoms with van der Waals surface area (Å²) in [6.07, 6.45) is 4.81. The molecule has 82 valence electrons. The van der Waals surface area contributed by atoms with Crippen molar-refractivity contribution in [3.05, 3.63) is 29.2 Å². The molecule has 0 aliphatic carbocycles. The second kappa shape index (κ2) is 4.36. The smallest absolute Gasteiger partial charge is 0.144 e. The van der Waals surface area contributed by atoms with E-state index in [-0.39, 0.29) is 5.90 Å². The number of aryl methyl sites for hydroxylation is 1. The molecule has 5 nitrogen and oxygen atoms in total. The molecule has 0 amide bonds. The lowest BCUT2D eigenvalue weighted by Crippen LogP contribution is -2.17. The fraction of sp³-hybridized carbons (Fsp3) is 0.200. The number of nitrogens with zero attached hydrogens (tertiary/aromatic N) is 4. The van der Waals surface area contributed by atoms with Crippen LogP contribution < -0.4 is 5.11 Å². The lowest BCUT2D eigenvalue weighted by Gasteiger charge is -2.05. The van der Waals surface area contributed by atoms with Crippen LogP contribution in [0.25, 0.3) is 10.7 Å². The summed E-state index contributed by atoms with van der Waals surface area (Å²) in [5.41, 5.74) is 1.35. The molecule has 16 heavy (non-hydrogen) atoms. The molecule has 0 saturated heterocycles. The lowest BCUT2D eigenvalue weighted by atomic mass is 10.4. The topological polar surface area (TPSA) is 74.1 Å². The van der Waals surface area contributed by atoms with E-state index in [9.17, 15) is 5.11 Å². The van der Waals surface area contributed by atoms with Crippen molar-refractivity contribution in [1.82, 2.24) is 15.0 Å². The van der Waals surface area contributed by atoms with Crippen molar-refractivity contribution in [1.29, 1.82) is 0 Å². The predicted octanol–water partition coefficient (Wildman–Crippen LogP) is 0.645. The van der Waals surface area contributed by atoms with Crippen molar-refractivity contribution < 1.29 is 5.11 Å². The highest BCUT2D eigenvalue weighted by atomic mass is 32.1. The summed E-state index contributed by atoms with van der Waals surface area (Å²) in [7, 11) is 1.48. The van der Waals surface area contributed by atoms with Crippen molar-refractivity contribution in [2.75, 3.05) is 7.05 Å². The van der Waals surface area contributed by atoms with Gasteiger partial charge in [-0.05, 0) is 6.92 Å². The van der Waals surface area contributed by atoms with Crippen LogP contribution in [0.1, 0.15) is 10.6 Å². The average molecular weight is 233 g/mol. The van der Waals surface area contributed by atoms with Gasteiger partial charge in [-0.3, -0.25) is 9.97 Å². The quantitative estimate of drug-likeness (QED) is 0.563. The number of aliphatic imine (C=N–C) groups is 1. The molecule has 2 rings (SSSR count). The Bertz CT molecular complexity index is 521. The number of hydrogen-bond acceptors (Lipinski definition) is 6. The van der Waals surface area contributed by atoms with Gasteiger partial charge in [-0.1, -0.05) is 0 Å². The van der Waals surface area contributed by atoms with Gasteiger partial charge in [0, 0.05) is 25.3 Å². The molecule has 2 aromatic heterocycles. The van der Waals surface area contributed by atoms with Crippen LogP contribution in [0.4, 0.5) is 0 Å². The molecule has 0 aliphatic heterocycles. The van der Waals surface area contributed by atoms with Crippen LogP contribution in [0.5, 0.6) is 0 Å². The van der Waals surface area contributed by atoms with E-state index in [2.05, 4.69) is 19.9 Å². The van der Waals surface area contributed by atoms with Gasteiger partial charge in [0.1, 0.15) is 10.7 Å². The summed E-state index contributed by atoms with van der Waals surface area (Å²) in [6.45, 7) is 1.79. The number of thiazole rings is 1. The van der Waals surface area contributed by atoms with Crippen LogP contribution in [0.3, 0.4) is 0 Å². The van der Waals surface area contributed by atoms with Gasteiger partial charge in [0.2, 0.25) is 0 Å². The van der Waals surface area contributed by atoms with Gasteiger partial charge >= 0.3 is 0 Å². The summed E-state index contributed by atoms with van der Waals surface area (Å²) in [5, 5.41) is 12.1. The maximum Gasteiger partial charge on any atom is 0.144 e. The largest absolute Gasteiger partial charge is 0.858 e. The van der Waals surface area contributed by atoms with Crippen molar-refractivity contribution in [2.24, 2.45) is 4.99 Å². The Hall–Kier alpha value is -1.82. The molecule has 0 aliphatic rings. The van der Waals surface area contributed by atoms with Gasteiger partial charge in [0.05, 0.1) is 16.8 Å². The average Bonchev–Trinajstić information content (AvgIpc) is 2.71. The first-order chi connectivity index (χ1) is 7.72. The highest BCUT2D eigenvalue weighted by Crippen LogP contribution is 2.25. The van der Waals surface area contributed by atoms with E-state index >= 15 is 0 Å². The number of rotatable bonds is 2. The van der Waals surface area contributed by atoms with Gasteiger partial charge in [-0.15, -0.1) is 11.3 Å². The molecule has 2 aromatic rings. The minimum absolute atomic E-state index is 0.245. The third-order valence-electron chi connectivity index (χ3n) is 1.98.